The molecule has 0 amide bonds. The Bertz CT molecular complexity index is 1030. The van der Waals surface area contributed by atoms with E-state index in [2.05, 4.69) is 4.98 Å². The number of hydrogen-bond donors (Lipinski definition) is 0. The molecule has 3 aromatic rings. The Kier molecular flexibility index (Phi) is 4.93. The summed E-state index contributed by atoms with van der Waals surface area (Å²) in [6.45, 7) is 5.39. The van der Waals surface area contributed by atoms with E-state index in [9.17, 15) is 9.59 Å². The van der Waals surface area contributed by atoms with Gasteiger partial charge in [-0.3, -0.25) is 4.57 Å². The third kappa shape index (κ3) is 3.95. The molecule has 140 valence electrons. The molecule has 0 bridgehead atoms. The van der Waals surface area contributed by atoms with E-state index >= 15 is 0 Å². The normalized spacial score (nSPS) is 11.4. The standard InChI is InChI=1S/C20H19ClN2O4/c1-20(2,3)27-19(25)14-7-6-13(10-15(14)21)23-11-22-16-8-5-12(9-17(16)23)18(24)26-4/h5-11H,1-4H3. The first-order valence-corrected chi connectivity index (χ1v) is 8.66. The second-order valence-electron chi connectivity index (χ2n) is 6.98. The van der Waals surface area contributed by atoms with Crippen LogP contribution in [0, 0.1) is 0 Å². The van der Waals surface area contributed by atoms with Gasteiger partial charge in [0.2, 0.25) is 0 Å². The van der Waals surface area contributed by atoms with Gasteiger partial charge in [-0.2, -0.15) is 0 Å². The highest BCUT2D eigenvalue weighted by atomic mass is 35.5. The van der Waals surface area contributed by atoms with Gasteiger partial charge in [-0.05, 0) is 57.2 Å². The van der Waals surface area contributed by atoms with Gasteiger partial charge in [0.25, 0.3) is 0 Å². The lowest BCUT2D eigenvalue weighted by Crippen LogP contribution is -2.24. The number of hydrogen-bond acceptors (Lipinski definition) is 5. The van der Waals surface area contributed by atoms with Gasteiger partial charge in [0.15, 0.2) is 0 Å². The second-order valence-corrected chi connectivity index (χ2v) is 7.38. The molecule has 0 N–H and O–H groups in total. The van der Waals surface area contributed by atoms with E-state index in [4.69, 9.17) is 21.1 Å². The van der Waals surface area contributed by atoms with Gasteiger partial charge in [0, 0.05) is 5.69 Å². The Morgan fingerprint density at radius 3 is 2.44 bits per heavy atom. The van der Waals surface area contributed by atoms with Gasteiger partial charge in [-0.15, -0.1) is 0 Å². The Hall–Kier alpha value is -2.86. The highest BCUT2D eigenvalue weighted by Crippen LogP contribution is 2.26. The minimum atomic E-state index is -0.607. The lowest BCUT2D eigenvalue weighted by atomic mass is 10.1. The quantitative estimate of drug-likeness (QED) is 0.623. The Balaban J connectivity index is 2.01. The predicted molar refractivity (Wildman–Crippen MR) is 103 cm³/mol. The zero-order valence-corrected chi connectivity index (χ0v) is 16.2. The van der Waals surface area contributed by atoms with E-state index < -0.39 is 17.5 Å². The SMILES string of the molecule is COC(=O)c1ccc2ncn(-c3ccc(C(=O)OC(C)(C)C)c(Cl)c3)c2c1. The molecular formula is C20H19ClN2O4. The summed E-state index contributed by atoms with van der Waals surface area (Å²) in [4.78, 5) is 28.4. The molecule has 0 atom stereocenters. The molecule has 2 aromatic carbocycles. The molecule has 7 heteroatoms. The van der Waals surface area contributed by atoms with Crippen molar-refractivity contribution in [2.24, 2.45) is 0 Å². The Morgan fingerprint density at radius 2 is 1.81 bits per heavy atom. The van der Waals surface area contributed by atoms with Crippen LogP contribution in [0.1, 0.15) is 41.5 Å². The Morgan fingerprint density at radius 1 is 1.07 bits per heavy atom. The van der Waals surface area contributed by atoms with Crippen LogP contribution in [0.5, 0.6) is 0 Å². The third-order valence-corrected chi connectivity index (χ3v) is 4.13. The number of imidazole rings is 1. The van der Waals surface area contributed by atoms with Gasteiger partial charge >= 0.3 is 11.9 Å². The molecule has 6 nitrogen and oxygen atoms in total. The van der Waals surface area contributed by atoms with Crippen LogP contribution in [-0.4, -0.2) is 34.2 Å². The average Bonchev–Trinajstić information content (AvgIpc) is 3.02. The predicted octanol–water partition coefficient (Wildman–Crippen LogP) is 4.42. The van der Waals surface area contributed by atoms with Crippen molar-refractivity contribution in [3.05, 3.63) is 58.9 Å². The molecule has 0 saturated carbocycles. The number of carbonyl (C=O) groups excluding carboxylic acids is 2. The molecular weight excluding hydrogens is 368 g/mol. The minimum Gasteiger partial charge on any atom is -0.465 e. The van der Waals surface area contributed by atoms with E-state index in [1.807, 2.05) is 0 Å². The van der Waals surface area contributed by atoms with Crippen LogP contribution in [0.4, 0.5) is 0 Å². The number of esters is 2. The summed E-state index contributed by atoms with van der Waals surface area (Å²) in [5, 5.41) is 0.271. The minimum absolute atomic E-state index is 0.271. The molecule has 0 radical (unpaired) electrons. The number of nitrogens with zero attached hydrogens (tertiary/aromatic N) is 2. The molecule has 27 heavy (non-hydrogen) atoms. The van der Waals surface area contributed by atoms with Crippen molar-refractivity contribution in [2.45, 2.75) is 26.4 Å². The van der Waals surface area contributed by atoms with Crippen molar-refractivity contribution >= 4 is 34.6 Å². The van der Waals surface area contributed by atoms with Crippen LogP contribution >= 0.6 is 11.6 Å². The molecule has 0 aliphatic heterocycles. The lowest BCUT2D eigenvalue weighted by molar-refractivity contribution is 0.00696. The molecule has 0 aliphatic rings. The highest BCUT2D eigenvalue weighted by Gasteiger charge is 2.20. The maximum absolute atomic E-state index is 12.3. The van der Waals surface area contributed by atoms with Crippen LogP contribution in [0.15, 0.2) is 42.7 Å². The largest absolute Gasteiger partial charge is 0.465 e. The Labute approximate surface area is 161 Å². The average molecular weight is 387 g/mol. The molecule has 1 heterocycles. The fourth-order valence-electron chi connectivity index (χ4n) is 2.61. The van der Waals surface area contributed by atoms with Crippen LogP contribution in [0.2, 0.25) is 5.02 Å². The second kappa shape index (κ2) is 7.04. The van der Waals surface area contributed by atoms with E-state index in [1.54, 1.807) is 68.1 Å². The van der Waals surface area contributed by atoms with Gasteiger partial charge < -0.3 is 9.47 Å². The van der Waals surface area contributed by atoms with Crippen LogP contribution in [-0.2, 0) is 9.47 Å². The number of methoxy groups -OCH3 is 1. The summed E-state index contributed by atoms with van der Waals surface area (Å²) < 4.78 is 11.9. The first-order valence-electron chi connectivity index (χ1n) is 8.28. The molecule has 0 saturated heterocycles. The molecule has 0 spiro atoms. The van der Waals surface area contributed by atoms with Crippen molar-refractivity contribution in [2.75, 3.05) is 7.11 Å². The van der Waals surface area contributed by atoms with Crippen LogP contribution in [0.25, 0.3) is 16.7 Å². The highest BCUT2D eigenvalue weighted by molar-refractivity contribution is 6.33. The zero-order chi connectivity index (χ0) is 19.8. The van der Waals surface area contributed by atoms with Gasteiger partial charge in [0.05, 0.1) is 34.3 Å². The van der Waals surface area contributed by atoms with Crippen LogP contribution < -0.4 is 0 Å². The van der Waals surface area contributed by atoms with Crippen molar-refractivity contribution in [3.8, 4) is 5.69 Å². The summed E-state index contributed by atoms with van der Waals surface area (Å²) in [6.07, 6.45) is 1.63. The number of fused-ring (bicyclic) bond motifs is 1. The summed E-state index contributed by atoms with van der Waals surface area (Å²) in [5.41, 5.74) is 2.24. The van der Waals surface area contributed by atoms with Gasteiger partial charge in [-0.25, -0.2) is 14.6 Å². The summed E-state index contributed by atoms with van der Waals surface area (Å²) >= 11 is 6.32. The number of aromatic nitrogens is 2. The number of rotatable bonds is 3. The fraction of sp³-hybridized carbons (Fsp3) is 0.250. The maximum atomic E-state index is 12.3. The number of benzene rings is 2. The topological polar surface area (TPSA) is 70.4 Å². The summed E-state index contributed by atoms with van der Waals surface area (Å²) in [6, 6.07) is 10.1. The molecule has 0 aliphatic carbocycles. The maximum Gasteiger partial charge on any atom is 0.340 e. The molecule has 0 unspecified atom stereocenters. The number of ether oxygens (including phenoxy) is 2. The van der Waals surface area contributed by atoms with Gasteiger partial charge in [-0.1, -0.05) is 11.6 Å². The van der Waals surface area contributed by atoms with Crippen LogP contribution in [0.3, 0.4) is 0 Å². The number of carbonyl (C=O) groups is 2. The van der Waals surface area contributed by atoms with E-state index in [-0.39, 0.29) is 10.6 Å². The van der Waals surface area contributed by atoms with Crippen molar-refractivity contribution < 1.29 is 19.1 Å². The first kappa shape index (κ1) is 18.9. The van der Waals surface area contributed by atoms with E-state index in [1.165, 1.54) is 7.11 Å². The fourth-order valence-corrected chi connectivity index (χ4v) is 2.86. The molecule has 3 rings (SSSR count). The third-order valence-electron chi connectivity index (χ3n) is 3.82. The lowest BCUT2D eigenvalue weighted by Gasteiger charge is -2.20. The summed E-state index contributed by atoms with van der Waals surface area (Å²) in [5.74, 6) is -0.912. The van der Waals surface area contributed by atoms with Crippen molar-refractivity contribution in [1.82, 2.24) is 9.55 Å². The first-order chi connectivity index (χ1) is 12.7. The molecule has 1 aromatic heterocycles. The zero-order valence-electron chi connectivity index (χ0n) is 15.4. The summed E-state index contributed by atoms with van der Waals surface area (Å²) in [7, 11) is 1.33. The van der Waals surface area contributed by atoms with E-state index in [0.29, 0.717) is 11.3 Å². The van der Waals surface area contributed by atoms with Crippen molar-refractivity contribution in [1.29, 1.82) is 0 Å². The number of halogens is 1. The smallest absolute Gasteiger partial charge is 0.340 e. The monoisotopic (exact) mass is 386 g/mol. The van der Waals surface area contributed by atoms with Crippen molar-refractivity contribution in [3.63, 3.8) is 0 Å². The van der Waals surface area contributed by atoms with E-state index in [0.717, 1.165) is 11.0 Å². The molecule has 0 fully saturated rings. The van der Waals surface area contributed by atoms with Gasteiger partial charge in [0.1, 0.15) is 11.9 Å².